The minimum Gasteiger partial charge on any atom is -0.354 e. The molecule has 0 bridgehead atoms. The monoisotopic (exact) mass is 363 g/mol. The van der Waals surface area contributed by atoms with Gasteiger partial charge in [-0.3, -0.25) is 9.59 Å². The predicted molar refractivity (Wildman–Crippen MR) is 99.8 cm³/mol. The molecule has 1 aromatic heterocycles. The van der Waals surface area contributed by atoms with Crippen molar-refractivity contribution >= 4 is 23.2 Å². The molecule has 1 N–H and O–H groups in total. The molecular formula is C19H29N3O2S. The molecule has 25 heavy (non-hydrogen) atoms. The third kappa shape index (κ3) is 4.40. The van der Waals surface area contributed by atoms with Crippen molar-refractivity contribution in [1.29, 1.82) is 0 Å². The number of thiazole rings is 1. The number of hydrogen-bond acceptors (Lipinski definition) is 4. The zero-order chi connectivity index (χ0) is 17.8. The maximum atomic E-state index is 13.1. The van der Waals surface area contributed by atoms with Gasteiger partial charge in [0.2, 0.25) is 5.91 Å². The largest absolute Gasteiger partial charge is 0.354 e. The lowest BCUT2D eigenvalue weighted by Gasteiger charge is -2.29. The maximum Gasteiger partial charge on any atom is 0.274 e. The Kier molecular flexibility index (Phi) is 6.10. The van der Waals surface area contributed by atoms with Crippen molar-refractivity contribution in [3.05, 3.63) is 16.1 Å². The molecule has 3 rings (SSSR count). The molecule has 1 aliphatic carbocycles. The summed E-state index contributed by atoms with van der Waals surface area (Å²) in [6.07, 6.45) is 7.69. The van der Waals surface area contributed by atoms with Crippen molar-refractivity contribution in [2.24, 2.45) is 5.92 Å². The van der Waals surface area contributed by atoms with Crippen LogP contribution >= 0.6 is 11.3 Å². The van der Waals surface area contributed by atoms with Crippen LogP contribution in [0.1, 0.15) is 80.2 Å². The highest BCUT2D eigenvalue weighted by molar-refractivity contribution is 7.09. The van der Waals surface area contributed by atoms with Crippen molar-refractivity contribution in [3.63, 3.8) is 0 Å². The predicted octanol–water partition coefficient (Wildman–Crippen LogP) is 3.57. The highest BCUT2D eigenvalue weighted by Gasteiger charge is 2.33. The lowest BCUT2D eigenvalue weighted by molar-refractivity contribution is -0.125. The first-order chi connectivity index (χ1) is 12.1. The fourth-order valence-electron chi connectivity index (χ4n) is 3.87. The van der Waals surface area contributed by atoms with Crippen LogP contribution in [0.25, 0.3) is 0 Å². The first-order valence-electron chi connectivity index (χ1n) is 9.60. The van der Waals surface area contributed by atoms with E-state index in [2.05, 4.69) is 24.1 Å². The van der Waals surface area contributed by atoms with Crippen LogP contribution in [0.5, 0.6) is 0 Å². The summed E-state index contributed by atoms with van der Waals surface area (Å²) in [6.45, 7) is 5.43. The Labute approximate surface area is 154 Å². The molecule has 2 amide bonds. The SMILES string of the molecule is CC(C)CC1C(=O)NCCCN1C(=O)c1csc(C2CCCCC2)n1. The molecule has 1 aliphatic heterocycles. The first kappa shape index (κ1) is 18.4. The van der Waals surface area contributed by atoms with Gasteiger partial charge in [0, 0.05) is 24.4 Å². The Bertz CT molecular complexity index is 608. The second-order valence-corrected chi connectivity index (χ2v) is 8.58. The number of hydrogen-bond donors (Lipinski definition) is 1. The van der Waals surface area contributed by atoms with Gasteiger partial charge < -0.3 is 10.2 Å². The number of nitrogens with one attached hydrogen (secondary N) is 1. The molecule has 2 heterocycles. The lowest BCUT2D eigenvalue weighted by atomic mass is 9.90. The van der Waals surface area contributed by atoms with Gasteiger partial charge in [-0.25, -0.2) is 4.98 Å². The van der Waals surface area contributed by atoms with Gasteiger partial charge in [0.1, 0.15) is 11.7 Å². The van der Waals surface area contributed by atoms with Crippen LogP contribution in [0, 0.1) is 5.92 Å². The van der Waals surface area contributed by atoms with E-state index >= 15 is 0 Å². The summed E-state index contributed by atoms with van der Waals surface area (Å²) in [7, 11) is 0. The van der Waals surface area contributed by atoms with Gasteiger partial charge >= 0.3 is 0 Å². The summed E-state index contributed by atoms with van der Waals surface area (Å²) in [6, 6.07) is -0.380. The van der Waals surface area contributed by atoms with Crippen molar-refractivity contribution in [1.82, 2.24) is 15.2 Å². The molecule has 2 fully saturated rings. The molecule has 0 spiro atoms. The van der Waals surface area contributed by atoms with Gasteiger partial charge in [-0.15, -0.1) is 11.3 Å². The Hall–Kier alpha value is -1.43. The average Bonchev–Trinajstić information content (AvgIpc) is 3.03. The van der Waals surface area contributed by atoms with Crippen molar-refractivity contribution < 1.29 is 9.59 Å². The molecule has 0 aromatic carbocycles. The third-order valence-electron chi connectivity index (χ3n) is 5.20. The molecule has 1 aromatic rings. The van der Waals surface area contributed by atoms with Crippen LogP contribution in [0.3, 0.4) is 0 Å². The topological polar surface area (TPSA) is 62.3 Å². The van der Waals surface area contributed by atoms with Crippen molar-refractivity contribution in [2.75, 3.05) is 13.1 Å². The van der Waals surface area contributed by atoms with E-state index in [1.54, 1.807) is 16.2 Å². The summed E-state index contributed by atoms with van der Waals surface area (Å²) < 4.78 is 0. The first-order valence-corrected chi connectivity index (χ1v) is 10.5. The van der Waals surface area contributed by atoms with E-state index < -0.39 is 0 Å². The number of carbonyl (C=O) groups is 2. The van der Waals surface area contributed by atoms with E-state index in [-0.39, 0.29) is 17.9 Å². The maximum absolute atomic E-state index is 13.1. The molecule has 6 heteroatoms. The van der Waals surface area contributed by atoms with Crippen LogP contribution in [-0.2, 0) is 4.79 Å². The molecule has 5 nitrogen and oxygen atoms in total. The standard InChI is InChI=1S/C19H29N3O2S/c1-13(2)11-16-17(23)20-9-6-10-22(16)19(24)15-12-25-18(21-15)14-7-4-3-5-8-14/h12-14,16H,3-11H2,1-2H3,(H,20,23). The highest BCUT2D eigenvalue weighted by atomic mass is 32.1. The highest BCUT2D eigenvalue weighted by Crippen LogP contribution is 2.34. The molecule has 0 radical (unpaired) electrons. The fraction of sp³-hybridized carbons (Fsp3) is 0.737. The zero-order valence-electron chi connectivity index (χ0n) is 15.3. The quantitative estimate of drug-likeness (QED) is 0.889. The molecular weight excluding hydrogens is 334 g/mol. The Morgan fingerprint density at radius 3 is 2.80 bits per heavy atom. The second-order valence-electron chi connectivity index (χ2n) is 7.69. The third-order valence-corrected chi connectivity index (χ3v) is 6.21. The van der Waals surface area contributed by atoms with Crippen LogP contribution in [0.2, 0.25) is 0 Å². The molecule has 1 atom stereocenters. The Morgan fingerprint density at radius 1 is 1.32 bits per heavy atom. The van der Waals surface area contributed by atoms with Gasteiger partial charge in [-0.05, 0) is 31.6 Å². The summed E-state index contributed by atoms with van der Waals surface area (Å²) in [5, 5.41) is 5.93. The number of carbonyl (C=O) groups excluding carboxylic acids is 2. The van der Waals surface area contributed by atoms with Crippen LogP contribution in [0.15, 0.2) is 5.38 Å². The van der Waals surface area contributed by atoms with E-state index in [1.165, 1.54) is 32.1 Å². The summed E-state index contributed by atoms with van der Waals surface area (Å²) in [4.78, 5) is 31.9. The van der Waals surface area contributed by atoms with Crippen molar-refractivity contribution in [3.8, 4) is 0 Å². The zero-order valence-corrected chi connectivity index (χ0v) is 16.1. The number of rotatable bonds is 4. The fourth-order valence-corrected chi connectivity index (χ4v) is 4.84. The molecule has 2 aliphatic rings. The smallest absolute Gasteiger partial charge is 0.274 e. The minimum atomic E-state index is -0.380. The summed E-state index contributed by atoms with van der Waals surface area (Å²) >= 11 is 1.61. The number of amides is 2. The van der Waals surface area contributed by atoms with Gasteiger partial charge in [-0.1, -0.05) is 33.1 Å². The van der Waals surface area contributed by atoms with E-state index in [0.29, 0.717) is 37.0 Å². The molecule has 1 saturated heterocycles. The van der Waals surface area contributed by atoms with Crippen LogP contribution < -0.4 is 5.32 Å². The van der Waals surface area contributed by atoms with Gasteiger partial charge in [-0.2, -0.15) is 0 Å². The summed E-state index contributed by atoms with van der Waals surface area (Å²) in [5.41, 5.74) is 0.522. The van der Waals surface area contributed by atoms with Gasteiger partial charge in [0.05, 0.1) is 5.01 Å². The molecule has 1 unspecified atom stereocenters. The summed E-state index contributed by atoms with van der Waals surface area (Å²) in [5.74, 6) is 0.764. The normalized spacial score (nSPS) is 22.8. The minimum absolute atomic E-state index is 0.0257. The molecule has 1 saturated carbocycles. The van der Waals surface area contributed by atoms with Gasteiger partial charge in [0.15, 0.2) is 0 Å². The number of nitrogens with zero attached hydrogens (tertiary/aromatic N) is 2. The Balaban J connectivity index is 1.77. The van der Waals surface area contributed by atoms with Crippen LogP contribution in [0.4, 0.5) is 0 Å². The second kappa shape index (κ2) is 8.30. The van der Waals surface area contributed by atoms with Crippen molar-refractivity contribution in [2.45, 2.75) is 70.8 Å². The van der Waals surface area contributed by atoms with E-state index in [0.717, 1.165) is 11.4 Å². The lowest BCUT2D eigenvalue weighted by Crippen LogP contribution is -2.48. The van der Waals surface area contributed by atoms with E-state index in [1.807, 2.05) is 5.38 Å². The number of aromatic nitrogens is 1. The van der Waals surface area contributed by atoms with E-state index in [4.69, 9.17) is 0 Å². The van der Waals surface area contributed by atoms with E-state index in [9.17, 15) is 9.59 Å². The van der Waals surface area contributed by atoms with Crippen LogP contribution in [-0.4, -0.2) is 40.8 Å². The van der Waals surface area contributed by atoms with Gasteiger partial charge in [0.25, 0.3) is 5.91 Å². The Morgan fingerprint density at radius 2 is 2.08 bits per heavy atom. The molecule has 138 valence electrons. The average molecular weight is 364 g/mol.